The van der Waals surface area contributed by atoms with Crippen LogP contribution < -0.4 is 10.1 Å². The first-order chi connectivity index (χ1) is 11.5. The number of halogens is 1. The maximum absolute atomic E-state index is 12.9. The van der Waals surface area contributed by atoms with E-state index in [1.807, 2.05) is 50.2 Å². The van der Waals surface area contributed by atoms with Gasteiger partial charge in [0, 0.05) is 10.0 Å². The summed E-state index contributed by atoms with van der Waals surface area (Å²) in [4.78, 5) is 12.9. The number of aryl methyl sites for hydroxylation is 1. The van der Waals surface area contributed by atoms with E-state index in [-0.39, 0.29) is 17.4 Å². The zero-order valence-corrected chi connectivity index (χ0v) is 15.8. The molecular weight excluding hydrogens is 366 g/mol. The molecule has 1 fully saturated rings. The Hall–Kier alpha value is -1.81. The second-order valence-electron chi connectivity index (χ2n) is 6.53. The molecule has 2 aromatic carbocycles. The number of benzene rings is 2. The third-order valence-electron chi connectivity index (χ3n) is 4.78. The van der Waals surface area contributed by atoms with Gasteiger partial charge in [0.2, 0.25) is 5.91 Å². The summed E-state index contributed by atoms with van der Waals surface area (Å²) in [6.45, 7) is 4.05. The van der Waals surface area contributed by atoms with Crippen LogP contribution in [-0.4, -0.2) is 13.0 Å². The highest BCUT2D eigenvalue weighted by Gasteiger charge is 2.51. The van der Waals surface area contributed by atoms with Crippen LogP contribution in [0.3, 0.4) is 0 Å². The first-order valence-corrected chi connectivity index (χ1v) is 8.97. The van der Waals surface area contributed by atoms with E-state index in [2.05, 4.69) is 27.3 Å². The molecule has 0 bridgehead atoms. The molecule has 4 heteroatoms. The predicted molar refractivity (Wildman–Crippen MR) is 99.3 cm³/mol. The Kier molecular flexibility index (Phi) is 4.68. The molecule has 1 aliphatic carbocycles. The van der Waals surface area contributed by atoms with Crippen LogP contribution in [0.2, 0.25) is 0 Å². The van der Waals surface area contributed by atoms with Crippen LogP contribution >= 0.6 is 15.9 Å². The zero-order chi connectivity index (χ0) is 17.3. The molecule has 0 aliphatic heterocycles. The topological polar surface area (TPSA) is 38.3 Å². The zero-order valence-electron chi connectivity index (χ0n) is 14.2. The van der Waals surface area contributed by atoms with Crippen molar-refractivity contribution in [3.63, 3.8) is 0 Å². The third kappa shape index (κ3) is 3.20. The molecule has 1 amide bonds. The molecule has 1 N–H and O–H groups in total. The number of amides is 1. The van der Waals surface area contributed by atoms with Gasteiger partial charge in [0.25, 0.3) is 0 Å². The minimum atomic E-state index is -0.369. The SMILES string of the molecule is COc1ccc(C)cc1C(C)NC(=O)C1(c2ccc(Br)cc2)CC1. The molecule has 0 aromatic heterocycles. The second-order valence-corrected chi connectivity index (χ2v) is 7.45. The van der Waals surface area contributed by atoms with Crippen LogP contribution in [-0.2, 0) is 10.2 Å². The van der Waals surface area contributed by atoms with Crippen molar-refractivity contribution < 1.29 is 9.53 Å². The van der Waals surface area contributed by atoms with E-state index in [0.717, 1.165) is 39.8 Å². The lowest BCUT2D eigenvalue weighted by Crippen LogP contribution is -2.36. The average Bonchev–Trinajstić information content (AvgIpc) is 3.37. The summed E-state index contributed by atoms with van der Waals surface area (Å²) in [6.07, 6.45) is 1.80. The fourth-order valence-electron chi connectivity index (χ4n) is 3.15. The summed E-state index contributed by atoms with van der Waals surface area (Å²) in [5.41, 5.74) is 2.89. The minimum Gasteiger partial charge on any atom is -0.496 e. The maximum atomic E-state index is 12.9. The number of methoxy groups -OCH3 is 1. The van der Waals surface area contributed by atoms with E-state index >= 15 is 0 Å². The van der Waals surface area contributed by atoms with Gasteiger partial charge in [-0.2, -0.15) is 0 Å². The molecule has 0 heterocycles. The van der Waals surface area contributed by atoms with Crippen molar-refractivity contribution in [1.82, 2.24) is 5.32 Å². The molecule has 1 saturated carbocycles. The van der Waals surface area contributed by atoms with Gasteiger partial charge < -0.3 is 10.1 Å². The lowest BCUT2D eigenvalue weighted by molar-refractivity contribution is -0.124. The lowest BCUT2D eigenvalue weighted by atomic mass is 9.94. The standard InChI is InChI=1S/C20H22BrNO2/c1-13-4-9-18(24-3)17(12-13)14(2)22-19(23)20(10-11-20)15-5-7-16(21)8-6-15/h4-9,12,14H,10-11H2,1-3H3,(H,22,23). The lowest BCUT2D eigenvalue weighted by Gasteiger charge is -2.22. The van der Waals surface area contributed by atoms with Gasteiger partial charge in [-0.15, -0.1) is 0 Å². The Morgan fingerprint density at radius 2 is 1.88 bits per heavy atom. The number of rotatable bonds is 5. The summed E-state index contributed by atoms with van der Waals surface area (Å²) in [7, 11) is 1.66. The second kappa shape index (κ2) is 6.60. The molecule has 0 saturated heterocycles. The van der Waals surface area contributed by atoms with Gasteiger partial charge in [-0.3, -0.25) is 4.79 Å². The Labute approximate surface area is 151 Å². The summed E-state index contributed by atoms with van der Waals surface area (Å²) in [5.74, 6) is 0.905. The molecule has 0 spiro atoms. The van der Waals surface area contributed by atoms with Gasteiger partial charge in [-0.05, 0) is 50.5 Å². The van der Waals surface area contributed by atoms with E-state index in [9.17, 15) is 4.79 Å². The molecule has 1 atom stereocenters. The van der Waals surface area contributed by atoms with Gasteiger partial charge in [0.15, 0.2) is 0 Å². The van der Waals surface area contributed by atoms with Gasteiger partial charge in [0.1, 0.15) is 5.75 Å². The Morgan fingerprint density at radius 1 is 1.21 bits per heavy atom. The number of carbonyl (C=O) groups excluding carboxylic acids is 1. The molecule has 1 aliphatic rings. The van der Waals surface area contributed by atoms with Crippen molar-refractivity contribution in [3.05, 3.63) is 63.6 Å². The molecular formula is C20H22BrNO2. The van der Waals surface area contributed by atoms with Crippen molar-refractivity contribution in [3.8, 4) is 5.75 Å². The number of hydrogen-bond donors (Lipinski definition) is 1. The summed E-state index contributed by atoms with van der Waals surface area (Å²) in [5, 5.41) is 3.18. The van der Waals surface area contributed by atoms with Crippen LogP contribution in [0.1, 0.15) is 42.5 Å². The van der Waals surface area contributed by atoms with E-state index < -0.39 is 0 Å². The van der Waals surface area contributed by atoms with Crippen LogP contribution in [0, 0.1) is 6.92 Å². The molecule has 24 heavy (non-hydrogen) atoms. The molecule has 126 valence electrons. The fraction of sp³-hybridized carbons (Fsp3) is 0.350. The van der Waals surface area contributed by atoms with Gasteiger partial charge in [-0.25, -0.2) is 0 Å². The largest absolute Gasteiger partial charge is 0.496 e. The van der Waals surface area contributed by atoms with Crippen molar-refractivity contribution >= 4 is 21.8 Å². The van der Waals surface area contributed by atoms with Gasteiger partial charge in [-0.1, -0.05) is 45.8 Å². The van der Waals surface area contributed by atoms with Crippen molar-refractivity contribution in [2.75, 3.05) is 7.11 Å². The monoisotopic (exact) mass is 387 g/mol. The van der Waals surface area contributed by atoms with Gasteiger partial charge >= 0.3 is 0 Å². The highest BCUT2D eigenvalue weighted by Crippen LogP contribution is 2.49. The van der Waals surface area contributed by atoms with E-state index in [1.165, 1.54) is 0 Å². The summed E-state index contributed by atoms with van der Waals surface area (Å²) < 4.78 is 6.47. The van der Waals surface area contributed by atoms with Crippen LogP contribution in [0.25, 0.3) is 0 Å². The molecule has 0 radical (unpaired) electrons. The van der Waals surface area contributed by atoms with Crippen LogP contribution in [0.15, 0.2) is 46.9 Å². The van der Waals surface area contributed by atoms with Gasteiger partial charge in [0.05, 0.1) is 18.6 Å². The number of ether oxygens (including phenoxy) is 1. The number of carbonyl (C=O) groups is 1. The van der Waals surface area contributed by atoms with E-state index in [0.29, 0.717) is 0 Å². The predicted octanol–water partition coefficient (Wildman–Crippen LogP) is 4.68. The van der Waals surface area contributed by atoms with Crippen molar-refractivity contribution in [2.45, 2.75) is 38.1 Å². The molecule has 3 rings (SSSR count). The van der Waals surface area contributed by atoms with Crippen LogP contribution in [0.4, 0.5) is 0 Å². The van der Waals surface area contributed by atoms with Crippen molar-refractivity contribution in [2.24, 2.45) is 0 Å². The first kappa shape index (κ1) is 17.0. The Balaban J connectivity index is 1.80. The summed E-state index contributed by atoms with van der Waals surface area (Å²) in [6, 6.07) is 14.0. The normalized spacial score (nSPS) is 16.3. The maximum Gasteiger partial charge on any atom is 0.231 e. The minimum absolute atomic E-state index is 0.0970. The first-order valence-electron chi connectivity index (χ1n) is 8.18. The summed E-state index contributed by atoms with van der Waals surface area (Å²) >= 11 is 3.45. The Bertz CT molecular complexity index is 751. The molecule has 3 nitrogen and oxygen atoms in total. The highest BCUT2D eigenvalue weighted by atomic mass is 79.9. The van der Waals surface area contributed by atoms with E-state index in [1.54, 1.807) is 7.11 Å². The number of nitrogens with one attached hydrogen (secondary N) is 1. The smallest absolute Gasteiger partial charge is 0.231 e. The van der Waals surface area contributed by atoms with Crippen LogP contribution in [0.5, 0.6) is 5.75 Å². The quantitative estimate of drug-likeness (QED) is 0.808. The Morgan fingerprint density at radius 3 is 2.46 bits per heavy atom. The molecule has 1 unspecified atom stereocenters. The van der Waals surface area contributed by atoms with E-state index in [4.69, 9.17) is 4.74 Å². The molecule has 2 aromatic rings. The third-order valence-corrected chi connectivity index (χ3v) is 5.31. The van der Waals surface area contributed by atoms with Crippen molar-refractivity contribution in [1.29, 1.82) is 0 Å². The average molecular weight is 388 g/mol. The highest BCUT2D eigenvalue weighted by molar-refractivity contribution is 9.10. The number of hydrogen-bond acceptors (Lipinski definition) is 2. The fourth-order valence-corrected chi connectivity index (χ4v) is 3.41.